The predicted molar refractivity (Wildman–Crippen MR) is 49.1 cm³/mol. The number of hydrogen-bond acceptors (Lipinski definition) is 0. The summed E-state index contributed by atoms with van der Waals surface area (Å²) in [7, 11) is 0. The number of allylic oxidation sites excluding steroid dienone is 1. The monoisotopic (exact) mass is 143 g/mol. The van der Waals surface area contributed by atoms with Gasteiger partial charge >= 0.3 is 0 Å². The molecule has 0 bridgehead atoms. The molecule has 0 heteroatoms. The molecule has 0 aromatic heterocycles. The lowest BCUT2D eigenvalue weighted by atomic mass is 10.1. The summed E-state index contributed by atoms with van der Waals surface area (Å²) in [6.07, 6.45) is 6.88. The van der Waals surface area contributed by atoms with E-state index in [2.05, 4.69) is 12.7 Å². The van der Waals surface area contributed by atoms with Crippen molar-refractivity contribution < 1.29 is 0 Å². The van der Waals surface area contributed by atoms with Gasteiger partial charge < -0.3 is 0 Å². The second-order valence-corrected chi connectivity index (χ2v) is 2.22. The molecule has 0 aliphatic rings. The van der Waals surface area contributed by atoms with Gasteiger partial charge in [0.25, 0.3) is 0 Å². The van der Waals surface area contributed by atoms with Gasteiger partial charge in [-0.15, -0.1) is 0 Å². The van der Waals surface area contributed by atoms with Gasteiger partial charge in [-0.3, -0.25) is 0 Å². The van der Waals surface area contributed by atoms with Crippen LogP contribution in [0, 0.1) is 6.08 Å². The molecule has 0 N–H and O–H groups in total. The van der Waals surface area contributed by atoms with E-state index in [1.54, 1.807) is 0 Å². The van der Waals surface area contributed by atoms with Gasteiger partial charge in [0.2, 0.25) is 0 Å². The quantitative estimate of drug-likeness (QED) is 0.597. The van der Waals surface area contributed by atoms with Crippen LogP contribution in [0.2, 0.25) is 0 Å². The van der Waals surface area contributed by atoms with Crippen LogP contribution in [-0.2, 0) is 0 Å². The zero-order valence-electron chi connectivity index (χ0n) is 6.67. The first-order chi connectivity index (χ1) is 5.38. The minimum atomic E-state index is 1.10. The van der Waals surface area contributed by atoms with Crippen molar-refractivity contribution in [2.75, 3.05) is 0 Å². The van der Waals surface area contributed by atoms with Crippen molar-refractivity contribution in [2.45, 2.75) is 6.92 Å². The van der Waals surface area contributed by atoms with Crippen molar-refractivity contribution in [1.29, 1.82) is 0 Å². The molecule has 0 amide bonds. The molecule has 0 fully saturated rings. The molecule has 0 saturated heterocycles. The molecule has 0 atom stereocenters. The van der Waals surface area contributed by atoms with Crippen LogP contribution in [0.4, 0.5) is 0 Å². The van der Waals surface area contributed by atoms with Gasteiger partial charge in [0, 0.05) is 0 Å². The number of hydrogen-bond donors (Lipinski definition) is 0. The summed E-state index contributed by atoms with van der Waals surface area (Å²) in [4.78, 5) is 0. The third kappa shape index (κ3) is 1.81. The summed E-state index contributed by atoms with van der Waals surface area (Å²) >= 11 is 0. The highest BCUT2D eigenvalue weighted by Gasteiger charge is 1.90. The average molecular weight is 143 g/mol. The van der Waals surface area contributed by atoms with Crippen LogP contribution >= 0.6 is 0 Å². The fraction of sp³-hybridized carbons (Fsp3) is 0.0909. The molecule has 55 valence electrons. The Kier molecular flexibility index (Phi) is 2.67. The molecule has 1 aromatic carbocycles. The summed E-state index contributed by atoms with van der Waals surface area (Å²) in [5, 5.41) is 0. The minimum Gasteiger partial charge on any atom is -0.0984 e. The Labute approximate surface area is 67.9 Å². The van der Waals surface area contributed by atoms with Crippen molar-refractivity contribution in [1.82, 2.24) is 0 Å². The maximum Gasteiger partial charge on any atom is -0.0109 e. The summed E-state index contributed by atoms with van der Waals surface area (Å²) in [6.45, 7) is 5.68. The molecule has 0 spiro atoms. The van der Waals surface area contributed by atoms with Gasteiger partial charge in [-0.1, -0.05) is 43.0 Å². The number of rotatable bonds is 2. The largest absolute Gasteiger partial charge is 0.0984 e. The number of benzene rings is 1. The lowest BCUT2D eigenvalue weighted by Gasteiger charge is -1.96. The van der Waals surface area contributed by atoms with Gasteiger partial charge in [-0.05, 0) is 24.1 Å². The van der Waals surface area contributed by atoms with Gasteiger partial charge in [-0.2, -0.15) is 0 Å². The lowest BCUT2D eigenvalue weighted by molar-refractivity contribution is 1.51. The van der Waals surface area contributed by atoms with Crippen molar-refractivity contribution in [3.8, 4) is 0 Å². The highest BCUT2D eigenvalue weighted by atomic mass is 13.9. The average Bonchev–Trinajstić information content (AvgIpc) is 2.06. The summed E-state index contributed by atoms with van der Waals surface area (Å²) in [6, 6.07) is 8.05. The van der Waals surface area contributed by atoms with Crippen LogP contribution in [-0.4, -0.2) is 0 Å². The second kappa shape index (κ2) is 3.77. The standard InChI is InChI=1S/C11H11/c1-3-7-11-9-6-5-8-10(11)4-2/h3-6,8-9H,2H2,1H3. The van der Waals surface area contributed by atoms with Crippen molar-refractivity contribution in [3.63, 3.8) is 0 Å². The van der Waals surface area contributed by atoms with E-state index in [4.69, 9.17) is 0 Å². The van der Waals surface area contributed by atoms with E-state index in [9.17, 15) is 0 Å². The summed E-state index contributed by atoms with van der Waals surface area (Å²) in [5.74, 6) is 0. The van der Waals surface area contributed by atoms with Crippen LogP contribution < -0.4 is 0 Å². The van der Waals surface area contributed by atoms with E-state index in [1.165, 1.54) is 0 Å². The Hall–Kier alpha value is -1.30. The highest BCUT2D eigenvalue weighted by Crippen LogP contribution is 2.09. The Morgan fingerprint density at radius 2 is 2.09 bits per heavy atom. The van der Waals surface area contributed by atoms with Crippen LogP contribution in [0.15, 0.2) is 36.9 Å². The van der Waals surface area contributed by atoms with Crippen LogP contribution in [0.3, 0.4) is 0 Å². The Morgan fingerprint density at radius 3 is 2.73 bits per heavy atom. The van der Waals surface area contributed by atoms with E-state index in [0.717, 1.165) is 11.1 Å². The molecule has 0 saturated carbocycles. The Morgan fingerprint density at radius 1 is 1.36 bits per heavy atom. The molecule has 0 heterocycles. The maximum absolute atomic E-state index is 3.72. The van der Waals surface area contributed by atoms with Crippen molar-refractivity contribution in [3.05, 3.63) is 54.1 Å². The third-order valence-corrected chi connectivity index (χ3v) is 1.48. The minimum absolute atomic E-state index is 1.10. The van der Waals surface area contributed by atoms with Crippen LogP contribution in [0.5, 0.6) is 0 Å². The SMILES string of the molecule is C=Cc1ccccc1/[C]=C/C. The van der Waals surface area contributed by atoms with Gasteiger partial charge in [-0.25, -0.2) is 0 Å². The molecular formula is C11H11. The predicted octanol–water partition coefficient (Wildman–Crippen LogP) is 3.06. The molecule has 0 aliphatic carbocycles. The first-order valence-corrected chi connectivity index (χ1v) is 3.64. The van der Waals surface area contributed by atoms with E-state index in [1.807, 2.05) is 43.3 Å². The van der Waals surface area contributed by atoms with E-state index < -0.39 is 0 Å². The smallest absolute Gasteiger partial charge is 0.0109 e. The second-order valence-electron chi connectivity index (χ2n) is 2.22. The topological polar surface area (TPSA) is 0 Å². The molecule has 0 aliphatic heterocycles. The van der Waals surface area contributed by atoms with Crippen molar-refractivity contribution in [2.24, 2.45) is 0 Å². The highest BCUT2D eigenvalue weighted by molar-refractivity contribution is 5.53. The van der Waals surface area contributed by atoms with Crippen LogP contribution in [0.1, 0.15) is 18.1 Å². The molecule has 0 unspecified atom stereocenters. The molecule has 0 nitrogen and oxygen atoms in total. The Balaban J connectivity index is 3.11. The van der Waals surface area contributed by atoms with E-state index >= 15 is 0 Å². The fourth-order valence-electron chi connectivity index (χ4n) is 0.962. The van der Waals surface area contributed by atoms with Crippen molar-refractivity contribution >= 4 is 6.08 Å². The van der Waals surface area contributed by atoms with E-state index in [0.29, 0.717) is 0 Å². The summed E-state index contributed by atoms with van der Waals surface area (Å²) < 4.78 is 0. The van der Waals surface area contributed by atoms with Gasteiger partial charge in [0.05, 0.1) is 0 Å². The lowest BCUT2D eigenvalue weighted by Crippen LogP contribution is -1.78. The normalized spacial score (nSPS) is 10.3. The first kappa shape index (κ1) is 7.80. The maximum atomic E-state index is 3.72. The molecular weight excluding hydrogens is 132 g/mol. The van der Waals surface area contributed by atoms with Gasteiger partial charge in [0.15, 0.2) is 0 Å². The zero-order chi connectivity index (χ0) is 8.10. The molecule has 1 rings (SSSR count). The fourth-order valence-corrected chi connectivity index (χ4v) is 0.962. The Bertz CT molecular complexity index is 269. The van der Waals surface area contributed by atoms with Gasteiger partial charge in [0.1, 0.15) is 0 Å². The van der Waals surface area contributed by atoms with E-state index in [-0.39, 0.29) is 0 Å². The molecule has 1 aromatic rings. The summed E-state index contributed by atoms with van der Waals surface area (Å²) in [5.41, 5.74) is 2.23. The zero-order valence-corrected chi connectivity index (χ0v) is 6.67. The third-order valence-electron chi connectivity index (χ3n) is 1.48. The van der Waals surface area contributed by atoms with Crippen LogP contribution in [0.25, 0.3) is 6.08 Å². The molecule has 1 radical (unpaired) electrons. The molecule has 11 heavy (non-hydrogen) atoms. The first-order valence-electron chi connectivity index (χ1n) is 3.64.